The SMILES string of the molecule is CC#CC#CC#CC#CC#CC#CC#CC#CC#CC#CC#CC#CC(=O)N[C@@H](CO[C@H]1OC(CO)[C@H](O)[C@H](O)C1O)[C@H](O)[C@H](O)CCCCCCCCCCCCCC.[HH].[HH].[HH].[HH].[HH].[HH].[HH].[HH].[HH].[HH].[HH].[HH].[HH].[HH].[HH].[HH].[HH].[HH].[HH].[HH].[HH].[HH].[HH].[HH]. The third kappa shape index (κ3) is 26.0. The summed E-state index contributed by atoms with van der Waals surface area (Å²) in [6.07, 6.45) is 3.47. The van der Waals surface area contributed by atoms with Crippen molar-refractivity contribution in [2.45, 2.75) is 146 Å². The lowest BCUT2D eigenvalue weighted by Crippen LogP contribution is -2.60. The topological polar surface area (TPSA) is 169 Å². The number of carbonyl (C=O) groups is 1. The van der Waals surface area contributed by atoms with E-state index in [1.165, 1.54) is 51.4 Å². The summed E-state index contributed by atoms with van der Waals surface area (Å²) >= 11 is 0. The Hall–Kier alpha value is -6.13. The van der Waals surface area contributed by atoms with E-state index in [4.69, 9.17) is 9.47 Å². The molecule has 7 N–H and O–H groups in total. The monoisotopic (exact) mass is 858 g/mol. The molecular formula is C50H99NO9. The maximum Gasteiger partial charge on any atom is 0.297 e. The highest BCUT2D eigenvalue weighted by molar-refractivity contribution is 5.94. The number of rotatable bonds is 20. The third-order valence-corrected chi connectivity index (χ3v) is 8.38. The van der Waals surface area contributed by atoms with E-state index < -0.39 is 68.1 Å². The minimum atomic E-state index is -1.70. The van der Waals surface area contributed by atoms with Crippen LogP contribution in [-0.4, -0.2) is 98.7 Å². The standard InChI is InChI=1S/C50H51NO9.24H2/c1-3-5-7-9-11-13-15-17-18-19-20-21-22-23-24-25-26-27-29-31-33-35-37-39-45(54)51-42(41-59-50-49(58)48(57)47(56)44(40-52)60-50)46(55)43(53)38-36-34-32-30-28-16-14-12-10-8-6-4-2;;;;;;;;;;;;;;;;;;;;;;;;/h42-44,46-50,52-53,55-58H,4,6,8,10,12,14,16,28,30,32,34,36,38,40-41H2,1-2H3,(H,51,54);24*1H/t42-,43+,44?,46-,47-,48-,49?,50-;;;;;;;;;;;;;;;;;;;;;;;;/m0......................../s1. The van der Waals surface area contributed by atoms with Gasteiger partial charge in [-0.05, 0) is 108 Å². The summed E-state index contributed by atoms with van der Waals surface area (Å²) in [7, 11) is 0. The molecule has 10 nitrogen and oxygen atoms in total. The van der Waals surface area contributed by atoms with Crippen molar-refractivity contribution in [1.82, 2.24) is 5.32 Å². The van der Waals surface area contributed by atoms with Crippen LogP contribution < -0.4 is 5.32 Å². The molecular weight excluding hydrogens is 759 g/mol. The Morgan fingerprint density at radius 1 is 0.600 bits per heavy atom. The number of nitrogens with one attached hydrogen (secondary N) is 1. The molecule has 0 radical (unpaired) electrons. The number of hydrogen-bond acceptors (Lipinski definition) is 9. The number of amides is 1. The lowest BCUT2D eigenvalue weighted by Gasteiger charge is -2.40. The summed E-state index contributed by atoms with van der Waals surface area (Å²) in [5.41, 5.74) is 0. The third-order valence-electron chi connectivity index (χ3n) is 8.38. The van der Waals surface area contributed by atoms with Crippen molar-refractivity contribution >= 4 is 5.91 Å². The van der Waals surface area contributed by atoms with Crippen LogP contribution >= 0.6 is 0 Å². The van der Waals surface area contributed by atoms with Crippen LogP contribution in [0.3, 0.4) is 0 Å². The van der Waals surface area contributed by atoms with E-state index in [1.54, 1.807) is 6.92 Å². The second-order valence-corrected chi connectivity index (χ2v) is 13.0. The van der Waals surface area contributed by atoms with Crippen LogP contribution in [0.4, 0.5) is 0 Å². The average Bonchev–Trinajstić information content (AvgIpc) is 3.25. The lowest BCUT2D eigenvalue weighted by molar-refractivity contribution is -0.303. The first-order valence-corrected chi connectivity index (χ1v) is 19.8. The molecule has 0 aromatic heterocycles. The second kappa shape index (κ2) is 36.0. The molecule has 1 amide bonds. The molecule has 8 atom stereocenters. The van der Waals surface area contributed by atoms with Gasteiger partial charge in [-0.25, -0.2) is 0 Å². The van der Waals surface area contributed by atoms with Crippen LogP contribution in [0.5, 0.6) is 0 Å². The Morgan fingerprint density at radius 3 is 1.42 bits per heavy atom. The predicted octanol–water partition coefficient (Wildman–Crippen LogP) is 7.07. The normalized spacial score (nSPS) is 17.8. The van der Waals surface area contributed by atoms with E-state index in [9.17, 15) is 35.4 Å². The summed E-state index contributed by atoms with van der Waals surface area (Å²) < 4.78 is 10.9. The second-order valence-electron chi connectivity index (χ2n) is 13.0. The Bertz CT molecular complexity index is 2210. The fourth-order valence-corrected chi connectivity index (χ4v) is 5.24. The zero-order valence-electron chi connectivity index (χ0n) is 34.1. The highest BCUT2D eigenvalue weighted by Gasteiger charge is 2.44. The van der Waals surface area contributed by atoms with Gasteiger partial charge in [-0.3, -0.25) is 4.79 Å². The Kier molecular flexibility index (Phi) is 31.1. The summed E-state index contributed by atoms with van der Waals surface area (Å²) in [4.78, 5) is 12.7. The fourth-order valence-electron chi connectivity index (χ4n) is 5.24. The maximum atomic E-state index is 12.7. The first-order chi connectivity index (χ1) is 29.3. The van der Waals surface area contributed by atoms with Crippen LogP contribution in [0.1, 0.15) is 132 Å². The molecule has 10 heteroatoms. The van der Waals surface area contributed by atoms with Gasteiger partial charge >= 0.3 is 0 Å². The molecule has 1 aliphatic heterocycles. The number of aliphatic hydroxyl groups excluding tert-OH is 6. The van der Waals surface area contributed by atoms with Gasteiger partial charge in [0, 0.05) is 75.7 Å². The Balaban J connectivity index is -0.0000000682. The number of ether oxygens (including phenoxy) is 2. The molecule has 1 rings (SSSR count). The Labute approximate surface area is 392 Å². The predicted molar refractivity (Wildman–Crippen MR) is 279 cm³/mol. The highest BCUT2D eigenvalue weighted by atomic mass is 16.7. The molecule has 0 aromatic carbocycles. The Morgan fingerprint density at radius 2 is 1.00 bits per heavy atom. The number of hydrogen-bond donors (Lipinski definition) is 7. The van der Waals surface area contributed by atoms with Gasteiger partial charge in [0.25, 0.3) is 5.91 Å². The molecule has 0 aliphatic carbocycles. The number of carbonyl (C=O) groups excluding carboxylic acids is 1. The molecule has 1 fully saturated rings. The van der Waals surface area contributed by atoms with Gasteiger partial charge in [0.2, 0.25) is 0 Å². The molecule has 2 unspecified atom stereocenters. The number of unbranched alkanes of at least 4 members (excludes halogenated alkanes) is 11. The first kappa shape index (κ1) is 51.9. The van der Waals surface area contributed by atoms with E-state index >= 15 is 0 Å². The van der Waals surface area contributed by atoms with Crippen molar-refractivity contribution in [3.8, 4) is 142 Å². The zero-order chi connectivity index (χ0) is 43.9. The van der Waals surface area contributed by atoms with Crippen molar-refractivity contribution in [2.75, 3.05) is 13.2 Å². The van der Waals surface area contributed by atoms with E-state index in [-0.39, 0.29) is 40.7 Å². The fraction of sp³-hybridized carbons (Fsp3) is 0.500. The van der Waals surface area contributed by atoms with Gasteiger partial charge in [-0.2, -0.15) is 0 Å². The number of aliphatic hydroxyl groups is 6. The van der Waals surface area contributed by atoms with Crippen LogP contribution in [0.15, 0.2) is 0 Å². The largest absolute Gasteiger partial charge is 0.394 e. The van der Waals surface area contributed by atoms with Crippen LogP contribution in [0.2, 0.25) is 0 Å². The van der Waals surface area contributed by atoms with Crippen LogP contribution in [-0.2, 0) is 14.3 Å². The van der Waals surface area contributed by atoms with Gasteiger partial charge in [0.1, 0.15) is 30.5 Å². The molecule has 358 valence electrons. The zero-order valence-corrected chi connectivity index (χ0v) is 34.1. The van der Waals surface area contributed by atoms with Crippen molar-refractivity contribution in [1.29, 1.82) is 0 Å². The van der Waals surface area contributed by atoms with E-state index in [1.807, 2.05) is 0 Å². The summed E-state index contributed by atoms with van der Waals surface area (Å²) in [5.74, 6) is 58.4. The highest BCUT2D eigenvalue weighted by Crippen LogP contribution is 2.23. The molecule has 1 aliphatic rings. The molecule has 60 heavy (non-hydrogen) atoms. The van der Waals surface area contributed by atoms with Gasteiger partial charge in [-0.15, -0.1) is 0 Å². The van der Waals surface area contributed by atoms with Crippen molar-refractivity contribution in [2.24, 2.45) is 0 Å². The van der Waals surface area contributed by atoms with Crippen molar-refractivity contribution in [3.05, 3.63) is 0 Å². The minimum absolute atomic E-state index is 0. The lowest BCUT2D eigenvalue weighted by atomic mass is 9.98. The van der Waals surface area contributed by atoms with Gasteiger partial charge < -0.3 is 45.4 Å². The smallest absolute Gasteiger partial charge is 0.297 e. The summed E-state index contributed by atoms with van der Waals surface area (Å²) in [5, 5.41) is 64.3. The van der Waals surface area contributed by atoms with Gasteiger partial charge in [0.15, 0.2) is 6.29 Å². The molecule has 1 saturated heterocycles. The minimum Gasteiger partial charge on any atom is -0.394 e. The molecule has 0 spiro atoms. The van der Waals surface area contributed by atoms with E-state index in [2.05, 4.69) is 154 Å². The quantitative estimate of drug-likeness (QED) is 0.0501. The molecule has 0 aromatic rings. The molecule has 0 saturated carbocycles. The maximum absolute atomic E-state index is 12.7. The van der Waals surface area contributed by atoms with E-state index in [0.29, 0.717) is 6.42 Å². The van der Waals surface area contributed by atoms with E-state index in [0.717, 1.165) is 19.3 Å². The first-order valence-electron chi connectivity index (χ1n) is 19.8. The molecule has 0 bridgehead atoms. The van der Waals surface area contributed by atoms with Gasteiger partial charge in [0.05, 0.1) is 25.4 Å². The summed E-state index contributed by atoms with van der Waals surface area (Å²) in [6.45, 7) is 2.73. The van der Waals surface area contributed by atoms with Crippen LogP contribution in [0.25, 0.3) is 0 Å². The summed E-state index contributed by atoms with van der Waals surface area (Å²) in [6, 6.07) is -1.23. The van der Waals surface area contributed by atoms with Crippen LogP contribution in [0, 0.1) is 142 Å². The molecule has 1 heterocycles. The van der Waals surface area contributed by atoms with Crippen molar-refractivity contribution < 1.29 is 79.1 Å². The average molecular weight is 858 g/mol. The van der Waals surface area contributed by atoms with Gasteiger partial charge in [-0.1, -0.05) is 89.9 Å². The van der Waals surface area contributed by atoms with Crippen molar-refractivity contribution in [3.63, 3.8) is 0 Å².